The van der Waals surface area contributed by atoms with Gasteiger partial charge >= 0.3 is 0 Å². The third-order valence-corrected chi connectivity index (χ3v) is 4.03. The number of piperidine rings is 1. The van der Waals surface area contributed by atoms with Gasteiger partial charge in [0.05, 0.1) is 0 Å². The topological polar surface area (TPSA) is 29.1 Å². The van der Waals surface area contributed by atoms with Gasteiger partial charge in [-0.25, -0.2) is 0 Å². The van der Waals surface area contributed by atoms with Gasteiger partial charge in [0.15, 0.2) is 5.78 Å². The van der Waals surface area contributed by atoms with E-state index in [0.717, 1.165) is 24.4 Å². The second-order valence-corrected chi connectivity index (χ2v) is 5.52. The Morgan fingerprint density at radius 3 is 2.78 bits per heavy atom. The van der Waals surface area contributed by atoms with Gasteiger partial charge in [0.25, 0.3) is 0 Å². The third kappa shape index (κ3) is 3.56. The van der Waals surface area contributed by atoms with Gasteiger partial charge in [-0.2, -0.15) is 0 Å². The molecule has 2 rings (SSSR count). The number of Topliss-reactive ketones (excluding diaryl/α,β-unsaturated/α-hetero) is 1. The zero-order chi connectivity index (χ0) is 13.0. The van der Waals surface area contributed by atoms with Crippen LogP contribution in [0.2, 0.25) is 5.02 Å². The van der Waals surface area contributed by atoms with Crippen LogP contribution in [0.1, 0.15) is 43.0 Å². The summed E-state index contributed by atoms with van der Waals surface area (Å²) in [5.74, 6) is 0.982. The van der Waals surface area contributed by atoms with Gasteiger partial charge in [-0.1, -0.05) is 24.9 Å². The Bertz CT molecular complexity index is 401. The van der Waals surface area contributed by atoms with Crippen molar-refractivity contribution in [3.8, 4) is 0 Å². The Hall–Kier alpha value is -0.860. The lowest BCUT2D eigenvalue weighted by molar-refractivity contribution is 0.0957. The number of hydrogen-bond acceptors (Lipinski definition) is 2. The average Bonchev–Trinajstić information content (AvgIpc) is 2.39. The summed E-state index contributed by atoms with van der Waals surface area (Å²) in [5, 5.41) is 4.12. The maximum absolute atomic E-state index is 12.1. The highest BCUT2D eigenvalue weighted by atomic mass is 35.5. The number of nitrogens with one attached hydrogen (secondary N) is 1. The van der Waals surface area contributed by atoms with E-state index in [-0.39, 0.29) is 5.78 Å². The fourth-order valence-corrected chi connectivity index (χ4v) is 2.72. The molecule has 0 amide bonds. The molecule has 1 aromatic carbocycles. The quantitative estimate of drug-likeness (QED) is 0.842. The molecule has 0 spiro atoms. The molecule has 0 saturated carbocycles. The molecule has 0 aromatic heterocycles. The molecule has 0 bridgehead atoms. The smallest absolute Gasteiger partial charge is 0.164 e. The van der Waals surface area contributed by atoms with Crippen LogP contribution < -0.4 is 5.32 Å². The van der Waals surface area contributed by atoms with Crippen LogP contribution >= 0.6 is 11.6 Å². The van der Waals surface area contributed by atoms with Gasteiger partial charge < -0.3 is 5.32 Å². The van der Waals surface area contributed by atoms with Gasteiger partial charge in [-0.3, -0.25) is 4.79 Å². The first-order valence-electron chi connectivity index (χ1n) is 6.71. The van der Waals surface area contributed by atoms with E-state index >= 15 is 0 Å². The fourth-order valence-electron chi connectivity index (χ4n) is 2.60. The van der Waals surface area contributed by atoms with Crippen molar-refractivity contribution < 1.29 is 4.79 Å². The standard InChI is InChI=1S/C15H20ClNO/c1-2-11-7-8-17-14(9-11)10-15(18)12-3-5-13(16)6-4-12/h3-6,11,14,17H,2,7-10H2,1H3. The largest absolute Gasteiger partial charge is 0.314 e. The minimum Gasteiger partial charge on any atom is -0.314 e. The lowest BCUT2D eigenvalue weighted by Crippen LogP contribution is -2.39. The maximum atomic E-state index is 12.1. The van der Waals surface area contributed by atoms with Gasteiger partial charge in [0.2, 0.25) is 0 Å². The molecule has 98 valence electrons. The van der Waals surface area contributed by atoms with Gasteiger partial charge in [0.1, 0.15) is 0 Å². The van der Waals surface area contributed by atoms with E-state index in [0.29, 0.717) is 17.5 Å². The predicted molar refractivity (Wildman–Crippen MR) is 75.2 cm³/mol. The number of halogens is 1. The van der Waals surface area contributed by atoms with E-state index in [2.05, 4.69) is 12.2 Å². The molecular formula is C15H20ClNO. The Balaban J connectivity index is 1.92. The summed E-state index contributed by atoms with van der Waals surface area (Å²) < 4.78 is 0. The van der Waals surface area contributed by atoms with Crippen molar-refractivity contribution in [3.63, 3.8) is 0 Å². The highest BCUT2D eigenvalue weighted by Gasteiger charge is 2.22. The van der Waals surface area contributed by atoms with Crippen LogP contribution in [-0.4, -0.2) is 18.4 Å². The summed E-state index contributed by atoms with van der Waals surface area (Å²) in [7, 11) is 0. The highest BCUT2D eigenvalue weighted by molar-refractivity contribution is 6.30. The number of rotatable bonds is 4. The number of ketones is 1. The summed E-state index contributed by atoms with van der Waals surface area (Å²) in [6.45, 7) is 3.27. The lowest BCUT2D eigenvalue weighted by Gasteiger charge is -2.29. The minimum absolute atomic E-state index is 0.209. The first-order valence-corrected chi connectivity index (χ1v) is 7.09. The summed E-state index contributed by atoms with van der Waals surface area (Å²) >= 11 is 5.82. The van der Waals surface area contributed by atoms with Gasteiger partial charge in [-0.05, 0) is 49.6 Å². The first kappa shape index (κ1) is 13.6. The fraction of sp³-hybridized carbons (Fsp3) is 0.533. The van der Waals surface area contributed by atoms with Crippen molar-refractivity contribution in [1.82, 2.24) is 5.32 Å². The average molecular weight is 266 g/mol. The van der Waals surface area contributed by atoms with Crippen molar-refractivity contribution >= 4 is 17.4 Å². The monoisotopic (exact) mass is 265 g/mol. The van der Waals surface area contributed by atoms with Crippen LogP contribution in [0.5, 0.6) is 0 Å². The van der Waals surface area contributed by atoms with Gasteiger partial charge in [0, 0.05) is 23.0 Å². The molecule has 0 aliphatic carbocycles. The predicted octanol–water partition coefficient (Wildman–Crippen LogP) is 3.69. The number of hydrogen-bond donors (Lipinski definition) is 1. The Kier molecular flexibility index (Phi) is 4.79. The molecule has 1 N–H and O–H groups in total. The van der Waals surface area contributed by atoms with E-state index in [1.54, 1.807) is 12.1 Å². The molecule has 1 saturated heterocycles. The second kappa shape index (κ2) is 6.35. The summed E-state index contributed by atoms with van der Waals surface area (Å²) in [6.07, 6.45) is 4.17. The van der Waals surface area contributed by atoms with Crippen LogP contribution in [0.15, 0.2) is 24.3 Å². The highest BCUT2D eigenvalue weighted by Crippen LogP contribution is 2.22. The Morgan fingerprint density at radius 1 is 1.39 bits per heavy atom. The van der Waals surface area contributed by atoms with Crippen LogP contribution in [0.3, 0.4) is 0 Å². The molecule has 0 radical (unpaired) electrons. The van der Waals surface area contributed by atoms with Crippen molar-refractivity contribution in [2.24, 2.45) is 5.92 Å². The number of carbonyl (C=O) groups excluding carboxylic acids is 1. The molecule has 2 nitrogen and oxygen atoms in total. The zero-order valence-electron chi connectivity index (χ0n) is 10.8. The molecule has 1 fully saturated rings. The molecule has 1 aliphatic heterocycles. The summed E-state index contributed by atoms with van der Waals surface area (Å²) in [6, 6.07) is 7.51. The SMILES string of the molecule is CCC1CCNC(CC(=O)c2ccc(Cl)cc2)C1. The first-order chi connectivity index (χ1) is 8.69. The third-order valence-electron chi connectivity index (χ3n) is 3.78. The number of carbonyl (C=O) groups is 1. The van der Waals surface area contributed by atoms with E-state index in [1.165, 1.54) is 12.8 Å². The normalized spacial score (nSPS) is 23.9. The van der Waals surface area contributed by atoms with E-state index in [4.69, 9.17) is 11.6 Å². The van der Waals surface area contributed by atoms with E-state index in [9.17, 15) is 4.79 Å². The Morgan fingerprint density at radius 2 is 2.11 bits per heavy atom. The molecule has 1 heterocycles. The van der Waals surface area contributed by atoms with Crippen LogP contribution in [-0.2, 0) is 0 Å². The van der Waals surface area contributed by atoms with Crippen molar-refractivity contribution in [2.75, 3.05) is 6.54 Å². The molecule has 1 aromatic rings. The molecule has 2 atom stereocenters. The van der Waals surface area contributed by atoms with Crippen LogP contribution in [0, 0.1) is 5.92 Å². The minimum atomic E-state index is 0.209. The van der Waals surface area contributed by atoms with Crippen LogP contribution in [0.4, 0.5) is 0 Å². The van der Waals surface area contributed by atoms with Crippen molar-refractivity contribution in [2.45, 2.75) is 38.6 Å². The number of benzene rings is 1. The molecule has 1 aliphatic rings. The van der Waals surface area contributed by atoms with E-state index < -0.39 is 0 Å². The van der Waals surface area contributed by atoms with E-state index in [1.807, 2.05) is 12.1 Å². The maximum Gasteiger partial charge on any atom is 0.164 e. The molecular weight excluding hydrogens is 246 g/mol. The zero-order valence-corrected chi connectivity index (χ0v) is 11.5. The molecule has 2 unspecified atom stereocenters. The van der Waals surface area contributed by atoms with Gasteiger partial charge in [-0.15, -0.1) is 0 Å². The molecule has 3 heteroatoms. The van der Waals surface area contributed by atoms with Crippen LogP contribution in [0.25, 0.3) is 0 Å². The lowest BCUT2D eigenvalue weighted by atomic mass is 9.87. The van der Waals surface area contributed by atoms with Crippen molar-refractivity contribution in [3.05, 3.63) is 34.9 Å². The Labute approximate surface area is 114 Å². The summed E-state index contributed by atoms with van der Waals surface area (Å²) in [4.78, 5) is 12.1. The van der Waals surface area contributed by atoms with Crippen molar-refractivity contribution in [1.29, 1.82) is 0 Å². The summed E-state index contributed by atoms with van der Waals surface area (Å²) in [5.41, 5.74) is 0.764. The molecule has 18 heavy (non-hydrogen) atoms. The second-order valence-electron chi connectivity index (χ2n) is 5.08.